The molecule has 0 saturated carbocycles. The number of aromatic amines is 1. The number of amides is 3. The summed E-state index contributed by atoms with van der Waals surface area (Å²) in [6.07, 6.45) is 5.71. The maximum atomic E-state index is 14.0. The van der Waals surface area contributed by atoms with Crippen LogP contribution in [0.3, 0.4) is 0 Å². The number of H-pyrrole nitrogens is 1. The monoisotopic (exact) mass is 647 g/mol. The second kappa shape index (κ2) is 12.8. The van der Waals surface area contributed by atoms with Gasteiger partial charge in [-0.2, -0.15) is 0 Å². The van der Waals surface area contributed by atoms with E-state index in [1.807, 2.05) is 0 Å². The lowest BCUT2D eigenvalue weighted by atomic mass is 9.88. The zero-order valence-corrected chi connectivity index (χ0v) is 28.6. The highest BCUT2D eigenvalue weighted by molar-refractivity contribution is 7.19. The average Bonchev–Trinajstić information content (AvgIpc) is 3.78. The number of benzene rings is 1. The summed E-state index contributed by atoms with van der Waals surface area (Å²) in [6, 6.07) is 8.67. The van der Waals surface area contributed by atoms with Gasteiger partial charge in [-0.3, -0.25) is 14.4 Å². The summed E-state index contributed by atoms with van der Waals surface area (Å²) in [4.78, 5) is 49.1. The molecule has 9 nitrogen and oxygen atoms in total. The van der Waals surface area contributed by atoms with Gasteiger partial charge in [0, 0.05) is 34.8 Å². The van der Waals surface area contributed by atoms with Crippen molar-refractivity contribution in [2.75, 3.05) is 19.6 Å². The van der Waals surface area contributed by atoms with E-state index in [2.05, 4.69) is 72.1 Å². The van der Waals surface area contributed by atoms with E-state index >= 15 is 0 Å². The van der Waals surface area contributed by atoms with Crippen molar-refractivity contribution in [1.82, 2.24) is 20.1 Å². The number of primary amides is 1. The number of hydrogen-bond donors (Lipinski definition) is 4. The van der Waals surface area contributed by atoms with E-state index in [9.17, 15) is 19.5 Å². The van der Waals surface area contributed by atoms with Gasteiger partial charge in [0.15, 0.2) is 0 Å². The van der Waals surface area contributed by atoms with Gasteiger partial charge in [-0.1, -0.05) is 17.2 Å². The molecule has 46 heavy (non-hydrogen) atoms. The van der Waals surface area contributed by atoms with Crippen LogP contribution in [0.25, 0.3) is 21.5 Å². The normalized spacial score (nSPS) is 22.0. The minimum Gasteiger partial charge on any atom is -0.391 e. The Bertz CT molecular complexity index is 1590. The van der Waals surface area contributed by atoms with Gasteiger partial charge in [0.2, 0.25) is 17.7 Å². The van der Waals surface area contributed by atoms with Crippen LogP contribution in [0.4, 0.5) is 0 Å². The Hall–Kier alpha value is -3.21. The van der Waals surface area contributed by atoms with Crippen LogP contribution in [0.5, 0.6) is 0 Å². The Morgan fingerprint density at radius 1 is 1.02 bits per heavy atom. The quantitative estimate of drug-likeness (QED) is 0.257. The van der Waals surface area contributed by atoms with E-state index < -0.39 is 23.5 Å². The molecule has 2 atom stereocenters. The number of aliphatic hydroxyl groups excluding tert-OH is 1. The summed E-state index contributed by atoms with van der Waals surface area (Å²) in [6.45, 7) is 12.3. The van der Waals surface area contributed by atoms with E-state index in [1.54, 1.807) is 11.3 Å². The van der Waals surface area contributed by atoms with E-state index in [0.29, 0.717) is 24.9 Å². The molecule has 1 aromatic carbocycles. The summed E-state index contributed by atoms with van der Waals surface area (Å²) in [5, 5.41) is 13.7. The first-order valence-corrected chi connectivity index (χ1v) is 17.7. The third-order valence-corrected chi connectivity index (χ3v) is 12.0. The third kappa shape index (κ3) is 6.23. The predicted octanol–water partition coefficient (Wildman–Crippen LogP) is 4.55. The van der Waals surface area contributed by atoms with E-state index in [0.717, 1.165) is 67.1 Å². The molecule has 0 radical (unpaired) electrons. The molecule has 3 amide bonds. The molecule has 3 fully saturated rings. The van der Waals surface area contributed by atoms with Crippen molar-refractivity contribution in [3.05, 3.63) is 45.8 Å². The van der Waals surface area contributed by atoms with E-state index in [1.165, 1.54) is 34.6 Å². The minimum atomic E-state index is -1.08. The zero-order chi connectivity index (χ0) is 32.9. The highest BCUT2D eigenvalue weighted by Gasteiger charge is 2.47. The second-order valence-electron chi connectivity index (χ2n) is 14.5. The van der Waals surface area contributed by atoms with Crippen LogP contribution in [-0.4, -0.2) is 81.5 Å². The summed E-state index contributed by atoms with van der Waals surface area (Å²) < 4.78 is 0. The zero-order valence-electron chi connectivity index (χ0n) is 27.8. The molecule has 0 aliphatic carbocycles. The molecule has 3 aliphatic rings. The highest BCUT2D eigenvalue weighted by Crippen LogP contribution is 2.44. The van der Waals surface area contributed by atoms with Gasteiger partial charge in [0.25, 0.3) is 0 Å². The number of aliphatic hydroxyl groups is 1. The van der Waals surface area contributed by atoms with Crippen LogP contribution in [0, 0.1) is 19.8 Å². The van der Waals surface area contributed by atoms with Crippen molar-refractivity contribution in [1.29, 1.82) is 0 Å². The van der Waals surface area contributed by atoms with Crippen LogP contribution >= 0.6 is 11.3 Å². The van der Waals surface area contributed by atoms with E-state index in [4.69, 9.17) is 5.73 Å². The number of thiophene rings is 1. The van der Waals surface area contributed by atoms with Crippen molar-refractivity contribution in [3.63, 3.8) is 0 Å². The molecule has 5 N–H and O–H groups in total. The number of piperidine rings is 1. The van der Waals surface area contributed by atoms with Gasteiger partial charge < -0.3 is 30.9 Å². The Labute approximate surface area is 275 Å². The molecule has 6 rings (SSSR count). The number of nitrogens with zero attached hydrogens (tertiary/aromatic N) is 2. The summed E-state index contributed by atoms with van der Waals surface area (Å²) in [5.74, 6) is -0.906. The number of likely N-dealkylation sites (tertiary alicyclic amines) is 1. The molecular formula is C36H49N5O4S. The van der Waals surface area contributed by atoms with Crippen molar-refractivity contribution in [2.45, 2.75) is 109 Å². The first-order valence-electron chi connectivity index (χ1n) is 16.9. The molecule has 3 aromatic rings. The number of carbonyl (C=O) groups is 3. The summed E-state index contributed by atoms with van der Waals surface area (Å²) >= 11 is 1.71. The number of nitrogens with one attached hydrogen (secondary N) is 2. The first-order chi connectivity index (χ1) is 21.8. The smallest absolute Gasteiger partial charge is 0.242 e. The Morgan fingerprint density at radius 2 is 1.63 bits per heavy atom. The summed E-state index contributed by atoms with van der Waals surface area (Å²) in [7, 11) is 0. The minimum absolute atomic E-state index is 0.216. The number of hydrogen-bond acceptors (Lipinski definition) is 6. The van der Waals surface area contributed by atoms with Gasteiger partial charge in [0.1, 0.15) is 10.9 Å². The first kappa shape index (κ1) is 32.7. The lowest BCUT2D eigenvalue weighted by molar-refractivity contribution is -0.137. The van der Waals surface area contributed by atoms with Gasteiger partial charge in [0.05, 0.1) is 17.2 Å². The number of nitrogens with two attached hydrogens (primary N) is 1. The molecule has 3 aliphatic heterocycles. The van der Waals surface area contributed by atoms with Crippen molar-refractivity contribution in [3.8, 4) is 11.3 Å². The number of rotatable bonds is 10. The highest BCUT2D eigenvalue weighted by atomic mass is 32.1. The largest absolute Gasteiger partial charge is 0.391 e. The molecule has 2 bridgehead atoms. The van der Waals surface area contributed by atoms with Gasteiger partial charge in [-0.25, -0.2) is 0 Å². The molecular weight excluding hydrogens is 598 g/mol. The molecule has 3 saturated heterocycles. The van der Waals surface area contributed by atoms with E-state index in [-0.39, 0.29) is 17.7 Å². The van der Waals surface area contributed by atoms with Crippen LogP contribution in [0.2, 0.25) is 0 Å². The Morgan fingerprint density at radius 3 is 2.20 bits per heavy atom. The molecule has 0 unspecified atom stereocenters. The maximum Gasteiger partial charge on any atom is 0.242 e. The number of aromatic nitrogens is 1. The van der Waals surface area contributed by atoms with Gasteiger partial charge in [-0.15, -0.1) is 11.3 Å². The van der Waals surface area contributed by atoms with Gasteiger partial charge in [-0.05, 0) is 122 Å². The molecule has 10 heteroatoms. The average molecular weight is 648 g/mol. The maximum absolute atomic E-state index is 14.0. The fraction of sp³-hybridized carbons (Fsp3) is 0.583. The standard InChI is InChI=1S/C36H49N5O4S/c1-20-16-21(2)18-24(17-20)31-27(12-15-40-13-10-23(11-14-40)33(44)38-30(22(3)42)32(37)43)28-19-29(46-34(28)39-31)36(4,5)35(45)41-25-6-7-26(41)9-8-25/h16-19,22-23,25-26,30,39,42H,6-15H2,1-5H3,(H2,37,43)(H,38,44)/t22-,25?,26?,30-/m0/s1. The topological polar surface area (TPSA) is 132 Å². The molecule has 0 spiro atoms. The van der Waals surface area contributed by atoms with Crippen LogP contribution < -0.4 is 11.1 Å². The lowest BCUT2D eigenvalue weighted by Gasteiger charge is -2.32. The molecule has 2 aromatic heterocycles. The van der Waals surface area contributed by atoms with Crippen LogP contribution in [0.15, 0.2) is 24.3 Å². The fourth-order valence-corrected chi connectivity index (χ4v) is 9.21. The van der Waals surface area contributed by atoms with Crippen LogP contribution in [-0.2, 0) is 26.2 Å². The lowest BCUT2D eigenvalue weighted by Crippen LogP contribution is -2.53. The predicted molar refractivity (Wildman–Crippen MR) is 183 cm³/mol. The number of carbonyl (C=O) groups excluding carboxylic acids is 3. The molecule has 248 valence electrons. The van der Waals surface area contributed by atoms with Crippen LogP contribution in [0.1, 0.15) is 80.9 Å². The Balaban J connectivity index is 1.21. The van der Waals surface area contributed by atoms with Crippen molar-refractivity contribution < 1.29 is 19.5 Å². The number of aryl methyl sites for hydroxylation is 2. The Kier molecular flexibility index (Phi) is 9.08. The third-order valence-electron chi connectivity index (χ3n) is 10.7. The second-order valence-corrected chi connectivity index (χ2v) is 15.6. The fourth-order valence-electron chi connectivity index (χ4n) is 8.03. The molecule has 5 heterocycles. The van der Waals surface area contributed by atoms with Crippen molar-refractivity contribution in [2.24, 2.45) is 11.7 Å². The van der Waals surface area contributed by atoms with Gasteiger partial charge >= 0.3 is 0 Å². The number of fused-ring (bicyclic) bond motifs is 3. The summed E-state index contributed by atoms with van der Waals surface area (Å²) in [5.41, 5.74) is 10.8. The van der Waals surface area contributed by atoms with Crippen molar-refractivity contribution >= 4 is 39.3 Å². The SMILES string of the molecule is Cc1cc(C)cc(-c2[nH]c3sc(C(C)(C)C(=O)N4C5CCC4CC5)cc3c2CCN2CCC(C(=O)N[C@H](C(N)=O)[C@H](C)O)CC2)c1.